The van der Waals surface area contributed by atoms with Crippen LogP contribution in [0.3, 0.4) is 0 Å². The van der Waals surface area contributed by atoms with Gasteiger partial charge in [-0.25, -0.2) is 0 Å². The van der Waals surface area contributed by atoms with E-state index >= 15 is 0 Å². The highest BCUT2D eigenvalue weighted by atomic mass is 16.6. The summed E-state index contributed by atoms with van der Waals surface area (Å²) < 4.78 is 10.7. The number of hydrogen-bond donors (Lipinski definition) is 0. The van der Waals surface area contributed by atoms with Gasteiger partial charge in [-0.05, 0) is 30.2 Å². The van der Waals surface area contributed by atoms with Crippen molar-refractivity contribution in [1.29, 1.82) is 0 Å². The van der Waals surface area contributed by atoms with Crippen LogP contribution in [0.25, 0.3) is 11.5 Å². The second-order valence-electron chi connectivity index (χ2n) is 5.89. The molecule has 0 bridgehead atoms. The van der Waals surface area contributed by atoms with E-state index in [1.165, 1.54) is 17.0 Å². The zero-order chi connectivity index (χ0) is 18.8. The number of nitro benzene ring substituents is 1. The lowest BCUT2D eigenvalue weighted by molar-refractivity contribution is -0.384. The Morgan fingerprint density at radius 2 is 2.04 bits per heavy atom. The maximum absolute atomic E-state index is 12.5. The van der Waals surface area contributed by atoms with Gasteiger partial charge in [0.2, 0.25) is 0 Å². The summed E-state index contributed by atoms with van der Waals surface area (Å²) in [7, 11) is 0. The molecule has 1 aliphatic rings. The first-order valence-corrected chi connectivity index (χ1v) is 8.21. The Bertz CT molecular complexity index is 1000. The van der Waals surface area contributed by atoms with E-state index in [2.05, 4.69) is 10.2 Å². The molecule has 0 atom stereocenters. The third-order valence-electron chi connectivity index (χ3n) is 4.22. The van der Waals surface area contributed by atoms with Gasteiger partial charge in [-0.3, -0.25) is 14.9 Å². The zero-order valence-corrected chi connectivity index (χ0v) is 14.1. The molecule has 4 rings (SSSR count). The summed E-state index contributed by atoms with van der Waals surface area (Å²) in [5.74, 6) is 0.0129. The fourth-order valence-corrected chi connectivity index (χ4v) is 2.93. The standard InChI is InChI=1S/C18H14N4O5/c23-16(21-9-8-13-10-14(22(24)25)6-7-15(13)21)11-26-18-20-19-17(27-18)12-4-2-1-3-5-12/h1-7,10H,8-9,11H2. The molecule has 0 spiro atoms. The van der Waals surface area contributed by atoms with Crippen molar-refractivity contribution in [2.45, 2.75) is 6.42 Å². The predicted molar refractivity (Wildman–Crippen MR) is 94.4 cm³/mol. The topological polar surface area (TPSA) is 112 Å². The molecule has 2 aromatic carbocycles. The van der Waals surface area contributed by atoms with Gasteiger partial charge in [0.25, 0.3) is 17.5 Å². The van der Waals surface area contributed by atoms with Crippen LogP contribution in [0.4, 0.5) is 11.4 Å². The summed E-state index contributed by atoms with van der Waals surface area (Å²) in [6, 6.07) is 13.7. The van der Waals surface area contributed by atoms with E-state index in [-0.39, 0.29) is 24.3 Å². The van der Waals surface area contributed by atoms with Crippen LogP contribution in [0.2, 0.25) is 0 Å². The first kappa shape index (κ1) is 16.7. The molecule has 9 heteroatoms. The monoisotopic (exact) mass is 366 g/mol. The van der Waals surface area contributed by atoms with Gasteiger partial charge in [0.15, 0.2) is 6.61 Å². The second-order valence-corrected chi connectivity index (χ2v) is 5.89. The number of nitrogens with zero attached hydrogens (tertiary/aromatic N) is 4. The van der Waals surface area contributed by atoms with Gasteiger partial charge in [-0.1, -0.05) is 23.3 Å². The smallest absolute Gasteiger partial charge is 0.415 e. The SMILES string of the molecule is O=C(COc1nnc(-c2ccccc2)o1)N1CCc2cc([N+](=O)[O-])ccc21. The van der Waals surface area contributed by atoms with Gasteiger partial charge in [0.1, 0.15) is 0 Å². The summed E-state index contributed by atoms with van der Waals surface area (Å²) >= 11 is 0. The number of anilines is 1. The molecule has 1 aromatic heterocycles. The zero-order valence-electron chi connectivity index (χ0n) is 14.1. The highest BCUT2D eigenvalue weighted by molar-refractivity contribution is 5.96. The fourth-order valence-electron chi connectivity index (χ4n) is 2.93. The van der Waals surface area contributed by atoms with E-state index < -0.39 is 4.92 Å². The summed E-state index contributed by atoms with van der Waals surface area (Å²) in [6.45, 7) is 0.171. The number of amides is 1. The van der Waals surface area contributed by atoms with Crippen molar-refractivity contribution in [2.24, 2.45) is 0 Å². The Balaban J connectivity index is 1.41. The third kappa shape index (κ3) is 3.34. The lowest BCUT2D eigenvalue weighted by Crippen LogP contribution is -2.33. The number of carbonyl (C=O) groups is 1. The van der Waals surface area contributed by atoms with Crippen LogP contribution in [-0.2, 0) is 11.2 Å². The van der Waals surface area contributed by atoms with Gasteiger partial charge < -0.3 is 14.1 Å². The van der Waals surface area contributed by atoms with Crippen molar-refractivity contribution in [1.82, 2.24) is 10.2 Å². The molecule has 1 aliphatic heterocycles. The van der Waals surface area contributed by atoms with E-state index in [4.69, 9.17) is 9.15 Å². The van der Waals surface area contributed by atoms with Crippen LogP contribution in [0.15, 0.2) is 52.9 Å². The van der Waals surface area contributed by atoms with E-state index in [1.807, 2.05) is 30.3 Å². The lowest BCUT2D eigenvalue weighted by atomic mass is 10.1. The molecule has 0 saturated carbocycles. The van der Waals surface area contributed by atoms with Gasteiger partial charge in [-0.2, -0.15) is 0 Å². The summed E-state index contributed by atoms with van der Waals surface area (Å²) in [5, 5.41) is 18.5. The van der Waals surface area contributed by atoms with E-state index in [1.54, 1.807) is 6.07 Å². The summed E-state index contributed by atoms with van der Waals surface area (Å²) in [6.07, 6.45) is 0.465. The summed E-state index contributed by atoms with van der Waals surface area (Å²) in [4.78, 5) is 24.4. The Hall–Kier alpha value is -3.75. The molecule has 1 amide bonds. The van der Waals surface area contributed by atoms with Crippen LogP contribution in [0.5, 0.6) is 6.08 Å². The molecule has 136 valence electrons. The molecule has 0 saturated heterocycles. The van der Waals surface area contributed by atoms with Gasteiger partial charge >= 0.3 is 6.08 Å². The fraction of sp³-hybridized carbons (Fsp3) is 0.167. The molecule has 0 N–H and O–H groups in total. The molecule has 9 nitrogen and oxygen atoms in total. The van der Waals surface area contributed by atoms with Crippen LogP contribution in [0.1, 0.15) is 5.56 Å². The Labute approximate surface area is 153 Å². The molecule has 0 radical (unpaired) electrons. The third-order valence-corrected chi connectivity index (χ3v) is 4.22. The first-order chi connectivity index (χ1) is 13.1. The minimum absolute atomic E-state index is 0.0126. The second kappa shape index (κ2) is 6.87. The number of fused-ring (bicyclic) bond motifs is 1. The van der Waals surface area contributed by atoms with E-state index in [0.29, 0.717) is 24.5 Å². The number of carbonyl (C=O) groups excluding carboxylic acids is 1. The van der Waals surface area contributed by atoms with Crippen LogP contribution < -0.4 is 9.64 Å². The predicted octanol–water partition coefficient (Wildman–Crippen LogP) is 2.61. The van der Waals surface area contributed by atoms with Crippen molar-refractivity contribution in [2.75, 3.05) is 18.1 Å². The van der Waals surface area contributed by atoms with Crippen molar-refractivity contribution < 1.29 is 18.9 Å². The van der Waals surface area contributed by atoms with Crippen molar-refractivity contribution in [3.05, 3.63) is 64.2 Å². The van der Waals surface area contributed by atoms with E-state index in [0.717, 1.165) is 11.1 Å². The molecule has 0 aliphatic carbocycles. The average molecular weight is 366 g/mol. The molecule has 27 heavy (non-hydrogen) atoms. The van der Waals surface area contributed by atoms with Crippen molar-refractivity contribution in [3.8, 4) is 17.5 Å². The van der Waals surface area contributed by atoms with Gasteiger partial charge in [-0.15, -0.1) is 5.10 Å². The molecular formula is C18H14N4O5. The number of non-ortho nitro benzene ring substituents is 1. The highest BCUT2D eigenvalue weighted by Gasteiger charge is 2.27. The molecular weight excluding hydrogens is 352 g/mol. The Morgan fingerprint density at radius 1 is 1.22 bits per heavy atom. The largest absolute Gasteiger partial charge is 0.439 e. The molecule has 0 unspecified atom stereocenters. The first-order valence-electron chi connectivity index (χ1n) is 8.21. The van der Waals surface area contributed by atoms with Crippen molar-refractivity contribution in [3.63, 3.8) is 0 Å². The lowest BCUT2D eigenvalue weighted by Gasteiger charge is -2.16. The van der Waals surface area contributed by atoms with Crippen molar-refractivity contribution >= 4 is 17.3 Å². The molecule has 3 aromatic rings. The number of rotatable bonds is 5. The maximum atomic E-state index is 12.5. The molecule has 2 heterocycles. The number of nitro groups is 1. The normalized spacial score (nSPS) is 12.7. The van der Waals surface area contributed by atoms with Crippen LogP contribution in [-0.4, -0.2) is 34.2 Å². The maximum Gasteiger partial charge on any atom is 0.415 e. The van der Waals surface area contributed by atoms with Gasteiger partial charge in [0.05, 0.1) is 4.92 Å². The Morgan fingerprint density at radius 3 is 2.81 bits per heavy atom. The molecule has 0 fully saturated rings. The average Bonchev–Trinajstić information content (AvgIpc) is 3.33. The van der Waals surface area contributed by atoms with E-state index in [9.17, 15) is 14.9 Å². The minimum Gasteiger partial charge on any atom is -0.439 e. The van der Waals surface area contributed by atoms with Crippen LogP contribution >= 0.6 is 0 Å². The number of benzene rings is 2. The van der Waals surface area contributed by atoms with Crippen LogP contribution in [0, 0.1) is 10.1 Å². The number of ether oxygens (including phenoxy) is 1. The number of hydrogen-bond acceptors (Lipinski definition) is 7. The summed E-state index contributed by atoms with van der Waals surface area (Å²) in [5.41, 5.74) is 2.19. The highest BCUT2D eigenvalue weighted by Crippen LogP contribution is 2.31. The quantitative estimate of drug-likeness (QED) is 0.504. The number of aromatic nitrogens is 2. The van der Waals surface area contributed by atoms with Gasteiger partial charge in [0, 0.05) is 29.9 Å². The Kier molecular flexibility index (Phi) is 4.25. The minimum atomic E-state index is -0.451.